The van der Waals surface area contributed by atoms with E-state index in [2.05, 4.69) is 40.0 Å². The second-order valence-electron chi connectivity index (χ2n) is 7.64. The molecule has 7 nitrogen and oxygen atoms in total. The molecule has 0 radical (unpaired) electrons. The highest BCUT2D eigenvalue weighted by molar-refractivity contribution is 6.12. The van der Waals surface area contributed by atoms with Crippen LogP contribution in [-0.4, -0.2) is 56.6 Å². The molecule has 0 spiro atoms. The van der Waals surface area contributed by atoms with E-state index in [1.54, 1.807) is 6.20 Å². The Balaban J connectivity index is 2.13. The van der Waals surface area contributed by atoms with Crippen molar-refractivity contribution in [1.29, 1.82) is 0 Å². The molecule has 0 aliphatic carbocycles. The largest absolute Gasteiger partial charge is 0.370 e. The molecule has 1 aliphatic rings. The molecular formula is C21H28N6O. The van der Waals surface area contributed by atoms with Crippen LogP contribution >= 0.6 is 0 Å². The minimum Gasteiger partial charge on any atom is -0.370 e. The molecule has 1 amide bonds. The minimum atomic E-state index is 0.0189. The lowest BCUT2D eigenvalue weighted by Crippen LogP contribution is -2.33. The van der Waals surface area contributed by atoms with Gasteiger partial charge in [0.25, 0.3) is 5.91 Å². The molecule has 0 atom stereocenters. The molecule has 0 aromatic carbocycles. The van der Waals surface area contributed by atoms with Crippen LogP contribution in [0, 0.1) is 0 Å². The fourth-order valence-electron chi connectivity index (χ4n) is 4.18. The van der Waals surface area contributed by atoms with Crippen LogP contribution in [0.15, 0.2) is 18.3 Å². The van der Waals surface area contributed by atoms with Gasteiger partial charge in [-0.05, 0) is 38.8 Å². The summed E-state index contributed by atoms with van der Waals surface area (Å²) >= 11 is 0. The lowest BCUT2D eigenvalue weighted by Gasteiger charge is -2.27. The topological polar surface area (TPSA) is 66.6 Å². The Labute approximate surface area is 165 Å². The Bertz CT molecular complexity index is 1010. The van der Waals surface area contributed by atoms with E-state index in [1.165, 1.54) is 0 Å². The molecule has 0 N–H and O–H groups in total. The van der Waals surface area contributed by atoms with Gasteiger partial charge in [-0.3, -0.25) is 9.20 Å². The summed E-state index contributed by atoms with van der Waals surface area (Å²) in [5, 5.41) is 9.94. The third-order valence-electron chi connectivity index (χ3n) is 5.61. The molecule has 1 aliphatic heterocycles. The smallest absolute Gasteiger partial charge is 0.259 e. The van der Waals surface area contributed by atoms with E-state index in [1.807, 2.05) is 29.2 Å². The second-order valence-corrected chi connectivity index (χ2v) is 7.64. The van der Waals surface area contributed by atoms with Crippen molar-refractivity contribution in [2.75, 3.05) is 31.1 Å². The number of pyridine rings is 2. The standard InChI is InChI=1S/C21H28N6O/c1-5-25(6-2)21(28)16-17(26-12-7-8-13-26)15-10-9-11-22-19(15)27-18(14(3)4)23-24-20(16)27/h9-11,14H,5-8,12-13H2,1-4H3. The lowest BCUT2D eigenvalue weighted by atomic mass is 10.1. The fraction of sp³-hybridized carbons (Fsp3) is 0.524. The molecule has 1 saturated heterocycles. The number of carbonyl (C=O) groups is 1. The number of carbonyl (C=O) groups excluding carboxylic acids is 1. The Morgan fingerprint density at radius 3 is 2.50 bits per heavy atom. The van der Waals surface area contributed by atoms with Gasteiger partial charge in [0.2, 0.25) is 0 Å². The maximum absolute atomic E-state index is 13.6. The summed E-state index contributed by atoms with van der Waals surface area (Å²) in [6.45, 7) is 11.4. The molecule has 0 saturated carbocycles. The second kappa shape index (κ2) is 7.37. The van der Waals surface area contributed by atoms with Crippen molar-refractivity contribution in [2.45, 2.75) is 46.5 Å². The van der Waals surface area contributed by atoms with Crippen LogP contribution in [0.5, 0.6) is 0 Å². The maximum Gasteiger partial charge on any atom is 0.259 e. The number of amides is 1. The van der Waals surface area contributed by atoms with Crippen LogP contribution in [0.2, 0.25) is 0 Å². The van der Waals surface area contributed by atoms with Crippen LogP contribution in [0.25, 0.3) is 16.7 Å². The molecule has 7 heteroatoms. The van der Waals surface area contributed by atoms with Crippen molar-refractivity contribution in [3.05, 3.63) is 29.7 Å². The van der Waals surface area contributed by atoms with Gasteiger partial charge < -0.3 is 9.80 Å². The monoisotopic (exact) mass is 380 g/mol. The summed E-state index contributed by atoms with van der Waals surface area (Å²) in [5.74, 6) is 1.03. The lowest BCUT2D eigenvalue weighted by molar-refractivity contribution is 0.0775. The number of nitrogens with zero attached hydrogens (tertiary/aromatic N) is 6. The zero-order valence-electron chi connectivity index (χ0n) is 17.1. The van der Waals surface area contributed by atoms with E-state index < -0.39 is 0 Å². The average molecular weight is 380 g/mol. The Hall–Kier alpha value is -2.70. The maximum atomic E-state index is 13.6. The van der Waals surface area contributed by atoms with Crippen molar-refractivity contribution in [2.24, 2.45) is 0 Å². The minimum absolute atomic E-state index is 0.0189. The molecule has 28 heavy (non-hydrogen) atoms. The first kappa shape index (κ1) is 18.7. The van der Waals surface area contributed by atoms with E-state index >= 15 is 0 Å². The van der Waals surface area contributed by atoms with Crippen LogP contribution < -0.4 is 4.90 Å². The van der Waals surface area contributed by atoms with Gasteiger partial charge in [0.05, 0.1) is 5.69 Å². The van der Waals surface area contributed by atoms with Crippen LogP contribution in [-0.2, 0) is 0 Å². The molecule has 148 valence electrons. The average Bonchev–Trinajstić information content (AvgIpc) is 3.37. The first-order valence-electron chi connectivity index (χ1n) is 10.3. The zero-order chi connectivity index (χ0) is 19.8. The third-order valence-corrected chi connectivity index (χ3v) is 5.61. The van der Waals surface area contributed by atoms with Crippen molar-refractivity contribution < 1.29 is 4.79 Å². The molecule has 0 bridgehead atoms. The highest BCUT2D eigenvalue weighted by Gasteiger charge is 2.30. The van der Waals surface area contributed by atoms with E-state index in [0.29, 0.717) is 24.3 Å². The Morgan fingerprint density at radius 1 is 1.14 bits per heavy atom. The summed E-state index contributed by atoms with van der Waals surface area (Å²) in [6, 6.07) is 4.01. The van der Waals surface area contributed by atoms with Gasteiger partial charge in [-0.25, -0.2) is 4.98 Å². The van der Waals surface area contributed by atoms with E-state index in [4.69, 9.17) is 0 Å². The number of anilines is 1. The molecule has 3 aromatic heterocycles. The van der Waals surface area contributed by atoms with Crippen LogP contribution in [0.1, 0.15) is 62.6 Å². The molecule has 4 rings (SSSR count). The molecule has 0 unspecified atom stereocenters. The first-order valence-corrected chi connectivity index (χ1v) is 10.3. The zero-order valence-corrected chi connectivity index (χ0v) is 17.1. The molecule has 1 fully saturated rings. The van der Waals surface area contributed by atoms with Gasteiger partial charge in [0.1, 0.15) is 17.0 Å². The van der Waals surface area contributed by atoms with Crippen LogP contribution in [0.3, 0.4) is 0 Å². The van der Waals surface area contributed by atoms with Crippen LogP contribution in [0.4, 0.5) is 5.69 Å². The van der Waals surface area contributed by atoms with Crippen molar-refractivity contribution >= 4 is 28.3 Å². The summed E-state index contributed by atoms with van der Waals surface area (Å²) in [4.78, 5) is 22.5. The van der Waals surface area contributed by atoms with E-state index in [0.717, 1.165) is 48.5 Å². The molecule has 4 heterocycles. The number of fused-ring (bicyclic) bond motifs is 3. The quantitative estimate of drug-likeness (QED) is 0.678. The summed E-state index contributed by atoms with van der Waals surface area (Å²) in [6.07, 6.45) is 4.07. The summed E-state index contributed by atoms with van der Waals surface area (Å²) in [7, 11) is 0. The Morgan fingerprint density at radius 2 is 1.86 bits per heavy atom. The highest BCUT2D eigenvalue weighted by Crippen LogP contribution is 2.36. The molecular weight excluding hydrogens is 352 g/mol. The number of hydrogen-bond donors (Lipinski definition) is 0. The van der Waals surface area contributed by atoms with Crippen molar-refractivity contribution in [3.63, 3.8) is 0 Å². The Kier molecular flexibility index (Phi) is 4.91. The summed E-state index contributed by atoms with van der Waals surface area (Å²) < 4.78 is 1.98. The highest BCUT2D eigenvalue weighted by atomic mass is 16.2. The van der Waals surface area contributed by atoms with Gasteiger partial charge in [-0.1, -0.05) is 13.8 Å². The SMILES string of the molecule is CCN(CC)C(=O)c1c(N2CCCC2)c2cccnc2n2c(C(C)C)nnc12. The predicted octanol–water partition coefficient (Wildman–Crippen LogP) is 3.48. The van der Waals surface area contributed by atoms with Gasteiger partial charge in [-0.2, -0.15) is 0 Å². The number of aromatic nitrogens is 4. The predicted molar refractivity (Wildman–Crippen MR) is 111 cm³/mol. The normalized spacial score (nSPS) is 14.5. The van der Waals surface area contributed by atoms with Gasteiger partial charge in [-0.15, -0.1) is 10.2 Å². The van der Waals surface area contributed by atoms with Crippen molar-refractivity contribution in [1.82, 2.24) is 24.5 Å². The van der Waals surface area contributed by atoms with Gasteiger partial charge >= 0.3 is 0 Å². The first-order chi connectivity index (χ1) is 13.6. The summed E-state index contributed by atoms with van der Waals surface area (Å²) in [5.41, 5.74) is 3.07. The van der Waals surface area contributed by atoms with Crippen molar-refractivity contribution in [3.8, 4) is 0 Å². The third kappa shape index (κ3) is 2.80. The molecule has 3 aromatic rings. The van der Waals surface area contributed by atoms with Gasteiger partial charge in [0, 0.05) is 43.7 Å². The number of hydrogen-bond acceptors (Lipinski definition) is 5. The van der Waals surface area contributed by atoms with E-state index in [9.17, 15) is 4.79 Å². The van der Waals surface area contributed by atoms with E-state index in [-0.39, 0.29) is 11.8 Å². The van der Waals surface area contributed by atoms with Gasteiger partial charge in [0.15, 0.2) is 5.65 Å². The number of rotatable bonds is 5. The fourth-order valence-corrected chi connectivity index (χ4v) is 4.18.